The maximum atomic E-state index is 3.48. The molecule has 0 saturated carbocycles. The number of rotatable bonds is 5. The number of aromatic nitrogens is 1. The second-order valence-electron chi connectivity index (χ2n) is 4.76. The second kappa shape index (κ2) is 8.43. The van der Waals surface area contributed by atoms with Crippen molar-refractivity contribution in [3.05, 3.63) is 36.0 Å². The Morgan fingerprint density at radius 2 is 1.84 bits per heavy atom. The summed E-state index contributed by atoms with van der Waals surface area (Å²) in [5.74, 6) is 0. The average molecular weight is 304 g/mol. The quantitative estimate of drug-likeness (QED) is 0.857. The third-order valence-electron chi connectivity index (χ3n) is 3.03. The van der Waals surface area contributed by atoms with Gasteiger partial charge in [0.25, 0.3) is 0 Å². The van der Waals surface area contributed by atoms with Crippen molar-refractivity contribution >= 4 is 35.7 Å². The van der Waals surface area contributed by atoms with E-state index in [2.05, 4.69) is 66.4 Å². The molecule has 108 valence electrons. The molecular weight excluding hydrogens is 281 g/mol. The van der Waals surface area contributed by atoms with Crippen LogP contribution in [-0.2, 0) is 13.6 Å². The fourth-order valence-corrected chi connectivity index (χ4v) is 2.09. The lowest BCUT2D eigenvalue weighted by Gasteiger charge is -2.09. The number of nitrogens with one attached hydrogen (secondary N) is 1. The van der Waals surface area contributed by atoms with Crippen LogP contribution in [0.1, 0.15) is 5.56 Å². The summed E-state index contributed by atoms with van der Waals surface area (Å²) in [4.78, 5) is 2.19. The van der Waals surface area contributed by atoms with Gasteiger partial charge in [-0.3, -0.25) is 0 Å². The number of fused-ring (bicyclic) bond motifs is 1. The van der Waals surface area contributed by atoms with E-state index in [-0.39, 0.29) is 24.8 Å². The van der Waals surface area contributed by atoms with Crippen molar-refractivity contribution in [3.63, 3.8) is 0 Å². The monoisotopic (exact) mass is 303 g/mol. The lowest BCUT2D eigenvalue weighted by Crippen LogP contribution is -2.26. The van der Waals surface area contributed by atoms with E-state index in [0.717, 1.165) is 19.6 Å². The molecule has 1 N–H and O–H groups in total. The topological polar surface area (TPSA) is 20.2 Å². The molecule has 2 rings (SSSR count). The van der Waals surface area contributed by atoms with Crippen LogP contribution in [0, 0.1) is 0 Å². The van der Waals surface area contributed by atoms with Gasteiger partial charge in [0.1, 0.15) is 0 Å². The Labute approximate surface area is 127 Å². The maximum Gasteiger partial charge on any atom is 0.0481 e. The van der Waals surface area contributed by atoms with E-state index in [0.29, 0.717) is 0 Å². The Balaban J connectivity index is 0.00000162. The number of nitrogens with zero attached hydrogens (tertiary/aromatic N) is 2. The molecule has 0 aliphatic rings. The summed E-state index contributed by atoms with van der Waals surface area (Å²) in [5, 5.41) is 4.84. The molecule has 1 heterocycles. The van der Waals surface area contributed by atoms with Crippen LogP contribution in [0.25, 0.3) is 10.9 Å². The number of hydrogen-bond donors (Lipinski definition) is 1. The third-order valence-corrected chi connectivity index (χ3v) is 3.03. The fraction of sp³-hybridized carbons (Fsp3) is 0.429. The van der Waals surface area contributed by atoms with Crippen molar-refractivity contribution in [1.82, 2.24) is 14.8 Å². The first-order valence-corrected chi connectivity index (χ1v) is 6.07. The Morgan fingerprint density at radius 1 is 1.16 bits per heavy atom. The molecule has 0 bridgehead atoms. The van der Waals surface area contributed by atoms with Gasteiger partial charge in [0.05, 0.1) is 0 Å². The molecule has 0 radical (unpaired) electrons. The summed E-state index contributed by atoms with van der Waals surface area (Å²) >= 11 is 0. The minimum atomic E-state index is 0. The van der Waals surface area contributed by atoms with E-state index < -0.39 is 0 Å². The molecule has 0 aliphatic carbocycles. The number of para-hydroxylation sites is 1. The SMILES string of the molecule is CN(C)CCNCc1cn(C)c2ccccc12.Cl.Cl. The summed E-state index contributed by atoms with van der Waals surface area (Å²) < 4.78 is 2.19. The zero-order valence-electron chi connectivity index (χ0n) is 11.7. The van der Waals surface area contributed by atoms with E-state index in [1.54, 1.807) is 0 Å². The van der Waals surface area contributed by atoms with Crippen LogP contribution < -0.4 is 5.32 Å². The lowest BCUT2D eigenvalue weighted by molar-refractivity contribution is 0.400. The van der Waals surface area contributed by atoms with Crippen LogP contribution in [0.3, 0.4) is 0 Å². The Bertz CT molecular complexity index is 494. The molecule has 0 spiro atoms. The van der Waals surface area contributed by atoms with Crippen molar-refractivity contribution in [2.75, 3.05) is 27.2 Å². The Morgan fingerprint density at radius 3 is 2.53 bits per heavy atom. The number of halogens is 2. The maximum absolute atomic E-state index is 3.48. The normalized spacial score (nSPS) is 10.3. The van der Waals surface area contributed by atoms with Gasteiger partial charge in [-0.05, 0) is 25.7 Å². The van der Waals surface area contributed by atoms with Gasteiger partial charge >= 0.3 is 0 Å². The van der Waals surface area contributed by atoms with Crippen molar-refractivity contribution in [2.24, 2.45) is 7.05 Å². The molecule has 0 unspecified atom stereocenters. The zero-order chi connectivity index (χ0) is 12.3. The number of hydrogen-bond acceptors (Lipinski definition) is 2. The summed E-state index contributed by atoms with van der Waals surface area (Å²) in [6, 6.07) is 8.55. The van der Waals surface area contributed by atoms with Crippen molar-refractivity contribution < 1.29 is 0 Å². The molecule has 0 amide bonds. The van der Waals surface area contributed by atoms with Gasteiger partial charge in [-0.25, -0.2) is 0 Å². The predicted molar refractivity (Wildman–Crippen MR) is 87.7 cm³/mol. The highest BCUT2D eigenvalue weighted by Crippen LogP contribution is 2.19. The largest absolute Gasteiger partial charge is 0.350 e. The van der Waals surface area contributed by atoms with Gasteiger partial charge < -0.3 is 14.8 Å². The molecule has 0 fully saturated rings. The minimum absolute atomic E-state index is 0. The summed E-state index contributed by atoms with van der Waals surface area (Å²) in [6.07, 6.45) is 2.22. The van der Waals surface area contributed by atoms with Gasteiger partial charge in [-0.2, -0.15) is 0 Å². The Hall–Kier alpha value is -0.740. The van der Waals surface area contributed by atoms with Crippen LogP contribution in [0.2, 0.25) is 0 Å². The van der Waals surface area contributed by atoms with Crippen molar-refractivity contribution in [3.8, 4) is 0 Å². The van der Waals surface area contributed by atoms with Crippen molar-refractivity contribution in [1.29, 1.82) is 0 Å². The summed E-state index contributed by atoms with van der Waals surface area (Å²) in [7, 11) is 6.30. The van der Waals surface area contributed by atoms with E-state index in [1.165, 1.54) is 16.5 Å². The van der Waals surface area contributed by atoms with E-state index in [9.17, 15) is 0 Å². The lowest BCUT2D eigenvalue weighted by atomic mass is 10.2. The highest BCUT2D eigenvalue weighted by molar-refractivity contribution is 5.85. The van der Waals surface area contributed by atoms with Gasteiger partial charge in [0.15, 0.2) is 0 Å². The van der Waals surface area contributed by atoms with Crippen LogP contribution in [0.15, 0.2) is 30.5 Å². The molecule has 0 atom stereocenters. The highest BCUT2D eigenvalue weighted by atomic mass is 35.5. The highest BCUT2D eigenvalue weighted by Gasteiger charge is 2.04. The summed E-state index contributed by atoms with van der Waals surface area (Å²) in [6.45, 7) is 3.04. The van der Waals surface area contributed by atoms with Crippen LogP contribution in [-0.4, -0.2) is 36.7 Å². The first-order valence-electron chi connectivity index (χ1n) is 6.07. The summed E-state index contributed by atoms with van der Waals surface area (Å²) in [5.41, 5.74) is 2.68. The smallest absolute Gasteiger partial charge is 0.0481 e. The van der Waals surface area contributed by atoms with Gasteiger partial charge in [-0.1, -0.05) is 18.2 Å². The molecule has 19 heavy (non-hydrogen) atoms. The molecule has 1 aromatic heterocycles. The van der Waals surface area contributed by atoms with E-state index in [1.807, 2.05) is 0 Å². The molecule has 2 aromatic rings. The van der Waals surface area contributed by atoms with Gasteiger partial charge in [0, 0.05) is 43.8 Å². The van der Waals surface area contributed by atoms with Crippen molar-refractivity contribution in [2.45, 2.75) is 6.54 Å². The first-order chi connectivity index (χ1) is 8.18. The molecule has 5 heteroatoms. The first kappa shape index (κ1) is 18.3. The fourth-order valence-electron chi connectivity index (χ4n) is 2.09. The predicted octanol–water partition coefficient (Wildman–Crippen LogP) is 2.67. The van der Waals surface area contributed by atoms with Crippen LogP contribution in [0.4, 0.5) is 0 Å². The zero-order valence-corrected chi connectivity index (χ0v) is 13.4. The van der Waals surface area contributed by atoms with Gasteiger partial charge in [0.2, 0.25) is 0 Å². The molecular formula is C14H23Cl2N3. The molecule has 3 nitrogen and oxygen atoms in total. The average Bonchev–Trinajstić information content (AvgIpc) is 2.63. The molecule has 0 saturated heterocycles. The second-order valence-corrected chi connectivity index (χ2v) is 4.76. The minimum Gasteiger partial charge on any atom is -0.350 e. The third kappa shape index (κ3) is 4.69. The number of benzene rings is 1. The van der Waals surface area contributed by atoms with Crippen LogP contribution in [0.5, 0.6) is 0 Å². The van der Waals surface area contributed by atoms with E-state index in [4.69, 9.17) is 0 Å². The molecule has 1 aromatic carbocycles. The number of aryl methyl sites for hydroxylation is 1. The van der Waals surface area contributed by atoms with Crippen LogP contribution >= 0.6 is 24.8 Å². The standard InChI is InChI=1S/C14H21N3.2ClH/c1-16(2)9-8-15-10-12-11-17(3)14-7-5-4-6-13(12)14;;/h4-7,11,15H,8-10H2,1-3H3;2*1H. The Kier molecular flexibility index (Phi) is 8.11. The van der Waals surface area contributed by atoms with Gasteiger partial charge in [-0.15, -0.1) is 24.8 Å². The number of likely N-dealkylation sites (N-methyl/N-ethyl adjacent to an activating group) is 1. The molecule has 0 aliphatic heterocycles. The van der Waals surface area contributed by atoms with E-state index >= 15 is 0 Å².